The average molecular weight is 1140 g/mol. The van der Waals surface area contributed by atoms with Crippen LogP contribution in [0.3, 0.4) is 0 Å². The fraction of sp³-hybridized carbons (Fsp3) is 0.308. The number of aromatic nitrogens is 6. The Bertz CT molecular complexity index is 3550. The molecule has 2 aromatic carbocycles. The number of nitrogens with one attached hydrogen (secondary N) is 4. The SMILES string of the molecule is O=C(O)CCCC(=O)OCN1C(=O)C/C(=C\c2cnn3c(NC4CC4)cc(Nc4cc(Cl)ccc4F)nc23)C1=O.O=C1C/C(=C\c2cnn3c(NC4CC4)cc(Nc4cc(Cl)ccc4F)nc23)C(=O)N1CO.O=C1CCCC(=O)O1. The molecule has 24 nitrogen and oxygen atoms in total. The number of hydrogen-bond acceptors (Lipinski definition) is 19. The number of esters is 3. The molecule has 5 aliphatic rings. The van der Waals surface area contributed by atoms with Crippen LogP contribution in [0.1, 0.15) is 88.2 Å². The predicted molar refractivity (Wildman–Crippen MR) is 282 cm³/mol. The van der Waals surface area contributed by atoms with Crippen molar-refractivity contribution in [2.24, 2.45) is 0 Å². The quantitative estimate of drug-likeness (QED) is 0.0234. The van der Waals surface area contributed by atoms with Crippen LogP contribution in [0.2, 0.25) is 10.0 Å². The third-order valence-corrected chi connectivity index (χ3v) is 13.0. The molecule has 4 aromatic heterocycles. The molecule has 0 bridgehead atoms. The van der Waals surface area contributed by atoms with E-state index in [4.69, 9.17) is 33.0 Å². The molecule has 7 heterocycles. The Labute approximate surface area is 461 Å². The number of halogens is 4. The van der Waals surface area contributed by atoms with Gasteiger partial charge < -0.3 is 41.0 Å². The van der Waals surface area contributed by atoms with Crippen molar-refractivity contribution in [1.29, 1.82) is 0 Å². The summed E-state index contributed by atoms with van der Waals surface area (Å²) in [6.07, 6.45) is 11.0. The zero-order chi connectivity index (χ0) is 56.8. The molecular formula is C52H48Cl2F2N12O12. The fourth-order valence-electron chi connectivity index (χ4n) is 8.15. The number of aliphatic hydroxyl groups is 1. The third kappa shape index (κ3) is 13.9. The number of fused-ring (bicyclic) bond motifs is 2. The van der Waals surface area contributed by atoms with Crippen LogP contribution in [0.25, 0.3) is 23.4 Å². The van der Waals surface area contributed by atoms with Crippen LogP contribution < -0.4 is 21.3 Å². The highest BCUT2D eigenvalue weighted by Gasteiger charge is 2.36. The van der Waals surface area contributed by atoms with E-state index in [-0.39, 0.29) is 72.6 Å². The smallest absolute Gasteiger partial charge is 0.313 e. The van der Waals surface area contributed by atoms with E-state index in [9.17, 15) is 52.2 Å². The first-order chi connectivity index (χ1) is 38.4. The zero-order valence-electron chi connectivity index (χ0n) is 42.0. The van der Waals surface area contributed by atoms with Crippen molar-refractivity contribution in [3.8, 4) is 0 Å². The molecular weight excluding hydrogens is 1090 g/mol. The highest BCUT2D eigenvalue weighted by Crippen LogP contribution is 2.33. The van der Waals surface area contributed by atoms with Crippen molar-refractivity contribution < 1.29 is 66.8 Å². The summed E-state index contributed by atoms with van der Waals surface area (Å²) in [5.74, 6) is -3.81. The molecule has 0 unspecified atom stereocenters. The van der Waals surface area contributed by atoms with Gasteiger partial charge in [0.05, 0.1) is 36.6 Å². The highest BCUT2D eigenvalue weighted by molar-refractivity contribution is 6.31. The summed E-state index contributed by atoms with van der Waals surface area (Å²) >= 11 is 12.0. The van der Waals surface area contributed by atoms with Crippen LogP contribution in [0.4, 0.5) is 43.4 Å². The molecule has 3 aliphatic heterocycles. The lowest BCUT2D eigenvalue weighted by atomic mass is 10.1. The lowest BCUT2D eigenvalue weighted by Gasteiger charge is -2.13. The Morgan fingerprint density at radius 2 is 1.18 bits per heavy atom. The van der Waals surface area contributed by atoms with E-state index in [0.29, 0.717) is 81.0 Å². The van der Waals surface area contributed by atoms with Gasteiger partial charge in [-0.15, -0.1) is 0 Å². The van der Waals surface area contributed by atoms with Gasteiger partial charge in [-0.05, 0) is 87.1 Å². The Morgan fingerprint density at radius 3 is 1.60 bits per heavy atom. The summed E-state index contributed by atoms with van der Waals surface area (Å²) in [4.78, 5) is 103. The number of carboxylic acids is 1. The number of hydrogen-bond donors (Lipinski definition) is 6. The van der Waals surface area contributed by atoms with E-state index in [0.717, 1.165) is 35.5 Å². The number of nitrogens with zero attached hydrogens (tertiary/aromatic N) is 8. The number of rotatable bonds is 17. The van der Waals surface area contributed by atoms with Gasteiger partial charge in [-0.2, -0.15) is 19.2 Å². The van der Waals surface area contributed by atoms with Gasteiger partial charge in [-0.3, -0.25) is 43.3 Å². The number of ether oxygens (including phenoxy) is 2. The summed E-state index contributed by atoms with van der Waals surface area (Å²) in [5, 5.41) is 40.0. The van der Waals surface area contributed by atoms with Crippen LogP contribution in [-0.2, 0) is 47.8 Å². The van der Waals surface area contributed by atoms with Gasteiger partial charge in [0.2, 0.25) is 11.8 Å². The van der Waals surface area contributed by atoms with Gasteiger partial charge in [0.25, 0.3) is 11.8 Å². The van der Waals surface area contributed by atoms with Crippen LogP contribution in [0.5, 0.6) is 0 Å². The fourth-order valence-corrected chi connectivity index (χ4v) is 8.49. The monoisotopic (exact) mass is 1140 g/mol. The van der Waals surface area contributed by atoms with Gasteiger partial charge in [-0.1, -0.05) is 23.2 Å². The number of carbonyl (C=O) groups is 8. The second kappa shape index (κ2) is 24.4. The topological polar surface area (TPSA) is 310 Å². The number of anilines is 6. The molecule has 416 valence electrons. The van der Waals surface area contributed by atoms with E-state index >= 15 is 0 Å². The summed E-state index contributed by atoms with van der Waals surface area (Å²) in [6, 6.07) is 12.3. The van der Waals surface area contributed by atoms with Crippen molar-refractivity contribution in [2.75, 3.05) is 34.7 Å². The van der Waals surface area contributed by atoms with Crippen molar-refractivity contribution in [1.82, 2.24) is 39.0 Å². The maximum atomic E-state index is 14.4. The van der Waals surface area contributed by atoms with Crippen LogP contribution >= 0.6 is 23.2 Å². The summed E-state index contributed by atoms with van der Waals surface area (Å²) in [6.45, 7) is -1.24. The molecule has 6 aromatic rings. The molecule has 2 saturated carbocycles. The van der Waals surface area contributed by atoms with Crippen molar-refractivity contribution in [2.45, 2.75) is 89.1 Å². The van der Waals surface area contributed by atoms with Gasteiger partial charge in [0.1, 0.15) is 41.6 Å². The molecule has 0 atom stereocenters. The van der Waals surface area contributed by atoms with Crippen molar-refractivity contribution in [3.63, 3.8) is 0 Å². The number of benzene rings is 2. The van der Waals surface area contributed by atoms with E-state index in [2.05, 4.69) is 46.2 Å². The molecule has 3 saturated heterocycles. The van der Waals surface area contributed by atoms with E-state index in [1.165, 1.54) is 60.9 Å². The maximum Gasteiger partial charge on any atom is 0.313 e. The first kappa shape index (κ1) is 55.9. The summed E-state index contributed by atoms with van der Waals surface area (Å²) < 4.78 is 41.0. The highest BCUT2D eigenvalue weighted by atomic mass is 35.5. The third-order valence-electron chi connectivity index (χ3n) is 12.5. The number of imide groups is 2. The number of amides is 4. The minimum Gasteiger partial charge on any atom is -0.481 e. The van der Waals surface area contributed by atoms with Crippen LogP contribution in [0.15, 0.2) is 72.1 Å². The zero-order valence-corrected chi connectivity index (χ0v) is 43.6. The Balaban J connectivity index is 0.000000173. The average Bonchev–Trinajstić information content (AvgIpc) is 4.33. The molecule has 2 aliphatic carbocycles. The number of carboxylic acid groups (broad SMARTS) is 1. The number of cyclic esters (lactones) is 2. The second-order valence-corrected chi connectivity index (χ2v) is 19.6. The van der Waals surface area contributed by atoms with Crippen LogP contribution in [0, 0.1) is 11.6 Å². The Hall–Kier alpha value is -8.88. The largest absolute Gasteiger partial charge is 0.481 e. The molecule has 80 heavy (non-hydrogen) atoms. The van der Waals surface area contributed by atoms with Gasteiger partial charge >= 0.3 is 23.9 Å². The molecule has 5 fully saturated rings. The standard InChI is InChI=1S/C26H24ClFN6O6.C21H18ClFN6O3.C5H6O3/c27-16-4-7-18(28)19(10-16)31-20-11-21(30-17-5-6-17)34-25(32-20)15(12-29-34)8-14-9-22(35)33(26(14)39)13-40-24(38)3-1-2-23(36)37;22-13-1-4-15(23)16(7-13)26-17-8-18(25-14-2-3-14)29-20(27-17)12(9-24-29)5-11-6-19(31)28(10-30)21(11)32;6-4-2-1-3-5(7)8-4/h4,7-8,10-12,17,30H,1-3,5-6,9,13H2,(H,31,32)(H,36,37);1,4-5,7-9,14,25,30H,2-3,6,10H2,(H,26,27);1-3H2/b14-8+;11-5+;. The van der Waals surface area contributed by atoms with E-state index < -0.39 is 60.7 Å². The van der Waals surface area contributed by atoms with Gasteiger partial charge in [-0.25, -0.2) is 23.6 Å². The van der Waals surface area contributed by atoms with Gasteiger partial charge in [0.15, 0.2) is 18.0 Å². The molecule has 6 N–H and O–H groups in total. The molecule has 11 rings (SSSR count). The number of carbonyl (C=O) groups excluding carboxylic acids is 7. The lowest BCUT2D eigenvalue weighted by Crippen LogP contribution is -2.32. The first-order valence-corrected chi connectivity index (χ1v) is 25.7. The minimum absolute atomic E-state index is 0.0847. The van der Waals surface area contributed by atoms with Crippen molar-refractivity contribution >= 4 is 129 Å². The molecule has 28 heteroatoms. The maximum absolute atomic E-state index is 14.4. The minimum atomic E-state index is -1.04. The van der Waals surface area contributed by atoms with Gasteiger partial charge in [0, 0.05) is 82.2 Å². The van der Waals surface area contributed by atoms with Crippen molar-refractivity contribution in [3.05, 3.63) is 105 Å². The number of aliphatic hydroxyl groups excluding tert-OH is 1. The lowest BCUT2D eigenvalue weighted by molar-refractivity contribution is -0.163. The summed E-state index contributed by atoms with van der Waals surface area (Å²) in [5.41, 5.74) is 2.40. The Morgan fingerprint density at radius 1 is 0.700 bits per heavy atom. The molecule has 0 radical (unpaired) electrons. The summed E-state index contributed by atoms with van der Waals surface area (Å²) in [7, 11) is 0. The van der Waals surface area contributed by atoms with Crippen LogP contribution in [-0.4, -0.2) is 122 Å². The second-order valence-electron chi connectivity index (χ2n) is 18.7. The number of likely N-dealkylation sites (tertiary alicyclic amines) is 2. The van der Waals surface area contributed by atoms with E-state index in [1.54, 1.807) is 21.2 Å². The Kier molecular flexibility index (Phi) is 17.1. The number of aliphatic carboxylic acids is 1. The predicted octanol–water partition coefficient (Wildman–Crippen LogP) is 6.91. The first-order valence-electron chi connectivity index (χ1n) is 25.0. The molecule has 0 spiro atoms. The van der Waals surface area contributed by atoms with E-state index in [1.807, 2.05) is 0 Å². The molecule has 4 amide bonds. The normalized spacial score (nSPS) is 17.2.